The third-order valence-corrected chi connectivity index (χ3v) is 40.3. The van der Waals surface area contributed by atoms with E-state index in [1.165, 1.54) is 150 Å². The number of esters is 2. The van der Waals surface area contributed by atoms with Gasteiger partial charge in [0.25, 0.3) is 0 Å². The molecule has 12 fully saturated rings. The van der Waals surface area contributed by atoms with Gasteiger partial charge in [0.15, 0.2) is 19.7 Å². The van der Waals surface area contributed by atoms with Gasteiger partial charge in [-0.15, -0.1) is 0 Å². The fraction of sp³-hybridized carbons (Fsp3) is 0.756. The van der Waals surface area contributed by atoms with Crippen LogP contribution in [0, 0.1) is 102 Å². The van der Waals surface area contributed by atoms with E-state index in [1.807, 2.05) is 24.3 Å². The maximum Gasteiger partial charge on any atom is 0.337 e. The fourth-order valence-corrected chi connectivity index (χ4v) is 34.8. The van der Waals surface area contributed by atoms with Crippen LogP contribution in [0.25, 0.3) is 11.1 Å². The summed E-state index contributed by atoms with van der Waals surface area (Å²) in [5.74, 6) is 6.17. The van der Waals surface area contributed by atoms with E-state index in [9.17, 15) is 31.5 Å². The largest absolute Gasteiger partial charge is 0.465 e. The lowest BCUT2D eigenvalue weighted by atomic mass is 9.33. The Bertz CT molecular complexity index is 4050. The van der Waals surface area contributed by atoms with Gasteiger partial charge in [0, 0.05) is 69.0 Å². The summed E-state index contributed by atoms with van der Waals surface area (Å²) in [5.41, 5.74) is 11.0. The Labute approximate surface area is 633 Å². The van der Waals surface area contributed by atoms with Crippen LogP contribution in [0.5, 0.6) is 0 Å². The standard InChI is InChI=1S/C46H68N2O5S.C44H64N2O4S/c1-30(2)35-15-20-46(48(25-26-49)24-23-47-28-34-27-33(47)29-54(34,51)52)22-21-44(6)37(40(35)46)13-14-39-43(5)18-16-36(31-9-11-32(12-10-31)41(50)53-8)42(3,4)38(43)17-19-45(39,44)7;1-28(2)33-15-20-44(45-23-24-46-26-32-25-31(46)27-51(32,48)49)22-21-42(6)35(38(33)44)13-14-37-41(5)18-16-34(29-9-11-30(12-10-29)39(47)50-8)40(3,4)36(41)17-19-43(37,42)7/h9-12,16,33-35,37-40,49H,1,13-15,17-29H2,2-8H3;9-12,16,31-33,35-38,45H,1,13-15,17-27H2,2-8H3/t33-,34-,35-,37+,38-,39+,40+,43-,44+,45+,46-;31-,32-,33-,35+,36-,37+,38+,41-,42+,43+,44-/m00/s1. The number of nitrogens with one attached hydrogen (secondary N) is 1. The molecule has 4 bridgehead atoms. The number of fused-ring (bicyclic) bond motifs is 18. The van der Waals surface area contributed by atoms with Crippen LogP contribution in [0.1, 0.15) is 243 Å². The van der Waals surface area contributed by atoms with Crippen molar-refractivity contribution in [3.63, 3.8) is 0 Å². The molecule has 10 aliphatic carbocycles. The van der Waals surface area contributed by atoms with Gasteiger partial charge in [0.2, 0.25) is 0 Å². The second-order valence-electron chi connectivity index (χ2n) is 40.2. The number of aliphatic hydroxyl groups excluding tert-OH is 1. The minimum atomic E-state index is -2.92. The number of likely N-dealkylation sites (tertiary alicyclic amines) is 2. The lowest BCUT2D eigenvalue weighted by molar-refractivity contribution is -0.228. The van der Waals surface area contributed by atoms with Gasteiger partial charge in [-0.25, -0.2) is 26.4 Å². The van der Waals surface area contributed by atoms with Crippen molar-refractivity contribution in [3.8, 4) is 0 Å². The van der Waals surface area contributed by atoms with Gasteiger partial charge in [-0.3, -0.25) is 14.7 Å². The molecule has 0 unspecified atom stereocenters. The van der Waals surface area contributed by atoms with E-state index in [0.717, 1.165) is 58.4 Å². The maximum absolute atomic E-state index is 12.5. The summed E-state index contributed by atoms with van der Waals surface area (Å²) in [6, 6.07) is 16.6. The highest BCUT2D eigenvalue weighted by atomic mass is 32.2. The van der Waals surface area contributed by atoms with Gasteiger partial charge in [0.1, 0.15) is 0 Å². The van der Waals surface area contributed by atoms with Crippen molar-refractivity contribution in [2.75, 3.05) is 78.1 Å². The van der Waals surface area contributed by atoms with E-state index in [-0.39, 0.29) is 90.1 Å². The summed E-state index contributed by atoms with van der Waals surface area (Å²) in [5, 5.41) is 14.5. The summed E-state index contributed by atoms with van der Waals surface area (Å²) < 4.78 is 59.8. The van der Waals surface area contributed by atoms with Crippen LogP contribution < -0.4 is 5.32 Å². The SMILES string of the molecule is C=C(C)[C@@H]1CC[C@]2(N(CCO)CCN3C[C@@H]4C[C@H]3CS4(=O)=O)CC[C@]3(C)[C@H](CC[C@@H]4[C@@]5(C)CC=C(c6ccc(C(=O)OC)cc6)C(C)(C)[C@@H]5CC[C@]43C)[C@@H]12.C=C(C)[C@@H]1CC[C@]2(NCCN3C[C@@H]4C[C@H]3CS4(=O)=O)CC[C@]3(C)[C@H](CC[C@@H]4[C@@]5(C)CC=C(c6ccc(C(=O)OC)cc6)C(C)(C)[C@@H]5CC[C@]43C)[C@@H]12. The molecule has 4 heterocycles. The molecule has 2 N–H and O–H groups in total. The van der Waals surface area contributed by atoms with Gasteiger partial charge < -0.3 is 19.9 Å². The number of allylic oxidation sites excluding steroid dienone is 6. The van der Waals surface area contributed by atoms with Crippen molar-refractivity contribution in [1.29, 1.82) is 0 Å². The molecule has 578 valence electrons. The molecule has 105 heavy (non-hydrogen) atoms. The topological polar surface area (TPSA) is 163 Å². The molecule has 0 amide bonds. The van der Waals surface area contributed by atoms with Crippen LogP contribution in [0.3, 0.4) is 0 Å². The number of hydrogen-bond acceptors (Lipinski definition) is 13. The Morgan fingerprint density at radius 3 is 1.42 bits per heavy atom. The zero-order valence-corrected chi connectivity index (χ0v) is 68.5. The molecule has 0 aromatic heterocycles. The minimum Gasteiger partial charge on any atom is -0.465 e. The first-order chi connectivity index (χ1) is 49.5. The van der Waals surface area contributed by atoms with E-state index in [2.05, 4.69) is 153 Å². The highest BCUT2D eigenvalue weighted by Crippen LogP contribution is 2.79. The number of hydrogen-bond donors (Lipinski definition) is 2. The van der Waals surface area contributed by atoms with Crippen molar-refractivity contribution < 1.29 is 41.0 Å². The molecule has 22 atom stereocenters. The number of carbonyl (C=O) groups is 2. The van der Waals surface area contributed by atoms with Crippen molar-refractivity contribution >= 4 is 42.8 Å². The molecule has 13 nitrogen and oxygen atoms in total. The lowest BCUT2D eigenvalue weighted by Gasteiger charge is -2.73. The predicted octanol–water partition coefficient (Wildman–Crippen LogP) is 16.4. The Morgan fingerprint density at radius 2 is 0.981 bits per heavy atom. The van der Waals surface area contributed by atoms with Crippen LogP contribution in [0.15, 0.2) is 85.0 Å². The second kappa shape index (κ2) is 26.6. The average Bonchev–Trinajstić information content (AvgIpc) is 1.64. The molecular weight excluding hydrogens is 1350 g/mol. The number of carbonyl (C=O) groups excluding carboxylic acids is 2. The summed E-state index contributed by atoms with van der Waals surface area (Å²) in [6.45, 7) is 46.0. The van der Waals surface area contributed by atoms with Crippen LogP contribution in [-0.2, 0) is 29.1 Å². The van der Waals surface area contributed by atoms with Gasteiger partial charge in [-0.2, -0.15) is 0 Å². The summed E-state index contributed by atoms with van der Waals surface area (Å²) in [6.07, 6.45) is 29.0. The number of ether oxygens (including phenoxy) is 2. The number of benzene rings is 2. The Hall–Kier alpha value is -3.96. The van der Waals surface area contributed by atoms with Gasteiger partial charge in [0.05, 0.1) is 54.0 Å². The molecule has 4 saturated heterocycles. The third kappa shape index (κ3) is 11.5. The van der Waals surface area contributed by atoms with Crippen LogP contribution in [0.2, 0.25) is 0 Å². The van der Waals surface area contributed by atoms with Crippen LogP contribution >= 0.6 is 0 Å². The van der Waals surface area contributed by atoms with E-state index in [1.54, 1.807) is 0 Å². The Balaban J connectivity index is 0.000000169. The normalized spacial score (nSPS) is 44.0. The zero-order chi connectivity index (χ0) is 75.0. The highest BCUT2D eigenvalue weighted by molar-refractivity contribution is 7.92. The number of β-amino-alcohol motifs (C(OH)–C–C–N with tert-alkyl or cyclic N) is 1. The van der Waals surface area contributed by atoms with E-state index >= 15 is 0 Å². The molecule has 4 aliphatic heterocycles. The van der Waals surface area contributed by atoms with Gasteiger partial charge in [-0.1, -0.05) is 130 Å². The molecule has 2 aromatic rings. The molecule has 15 heteroatoms. The summed E-state index contributed by atoms with van der Waals surface area (Å²) in [7, 11) is -2.90. The number of sulfone groups is 2. The van der Waals surface area contributed by atoms with E-state index < -0.39 is 19.7 Å². The highest BCUT2D eigenvalue weighted by Gasteiger charge is 2.73. The molecular formula is C90H132N4O9S2. The van der Waals surface area contributed by atoms with E-state index in [0.29, 0.717) is 100 Å². The molecule has 0 radical (unpaired) electrons. The van der Waals surface area contributed by atoms with Crippen LogP contribution in [-0.4, -0.2) is 160 Å². The molecule has 2 aromatic carbocycles. The van der Waals surface area contributed by atoms with Crippen molar-refractivity contribution in [1.82, 2.24) is 20.0 Å². The first-order valence-electron chi connectivity index (χ1n) is 41.6. The van der Waals surface area contributed by atoms with Crippen LogP contribution in [0.4, 0.5) is 0 Å². The number of aliphatic hydroxyl groups is 1. The first kappa shape index (κ1) is 76.4. The Kier molecular flexibility index (Phi) is 19.4. The van der Waals surface area contributed by atoms with Gasteiger partial charge >= 0.3 is 11.9 Å². The number of rotatable bonds is 16. The van der Waals surface area contributed by atoms with Crippen molar-refractivity contribution in [3.05, 3.63) is 107 Å². The predicted molar refractivity (Wildman–Crippen MR) is 423 cm³/mol. The Morgan fingerprint density at radius 1 is 0.533 bits per heavy atom. The van der Waals surface area contributed by atoms with Gasteiger partial charge in [-0.05, 0) is 291 Å². The van der Waals surface area contributed by atoms with Crippen molar-refractivity contribution in [2.45, 2.75) is 245 Å². The number of nitrogens with zero attached hydrogens (tertiary/aromatic N) is 3. The quantitative estimate of drug-likeness (QED) is 0.121. The molecule has 14 aliphatic rings. The summed E-state index contributed by atoms with van der Waals surface area (Å²) in [4.78, 5) is 32.0. The van der Waals surface area contributed by atoms with E-state index in [4.69, 9.17) is 9.47 Å². The fourth-order valence-electron chi connectivity index (χ4n) is 30.6. The van der Waals surface area contributed by atoms with Crippen molar-refractivity contribution in [2.24, 2.45) is 102 Å². The first-order valence-corrected chi connectivity index (χ1v) is 45.0. The second-order valence-corrected chi connectivity index (χ2v) is 44.8. The number of methoxy groups -OCH3 is 2. The summed E-state index contributed by atoms with van der Waals surface area (Å²) >= 11 is 0. The smallest absolute Gasteiger partial charge is 0.337 e. The molecule has 16 rings (SSSR count). The monoisotopic (exact) mass is 1480 g/mol. The lowest BCUT2D eigenvalue weighted by Crippen LogP contribution is -2.68. The zero-order valence-electron chi connectivity index (χ0n) is 66.9. The minimum absolute atomic E-state index is 0.0148. The molecule has 0 spiro atoms. The third-order valence-electron chi connectivity index (χ3n) is 35.9. The average molecular weight is 1480 g/mol. The molecule has 8 saturated carbocycles. The maximum atomic E-state index is 12.5.